The molecule has 0 aromatic heterocycles. The van der Waals surface area contributed by atoms with Crippen LogP contribution in [-0.2, 0) is 10.0 Å². The lowest BCUT2D eigenvalue weighted by Gasteiger charge is -2.56. The van der Waals surface area contributed by atoms with Crippen LogP contribution in [0.25, 0.3) is 0 Å². The summed E-state index contributed by atoms with van der Waals surface area (Å²) >= 11 is 12.3. The Morgan fingerprint density at radius 3 is 2.03 bits per heavy atom. The molecule has 10 heteroatoms. The highest BCUT2D eigenvalue weighted by molar-refractivity contribution is 7.89. The van der Waals surface area contributed by atoms with Gasteiger partial charge in [-0.3, -0.25) is 10.1 Å². The van der Waals surface area contributed by atoms with E-state index in [1.807, 2.05) is 6.92 Å². The van der Waals surface area contributed by atoms with Gasteiger partial charge < -0.3 is 5.11 Å². The molecule has 2 fully saturated rings. The molecule has 2 aliphatic rings. The summed E-state index contributed by atoms with van der Waals surface area (Å²) in [4.78, 5) is 12.5. The minimum atomic E-state index is -4.37. The quantitative estimate of drug-likeness (QED) is 0.282. The predicted octanol–water partition coefficient (Wildman–Crippen LogP) is 6.36. The fourth-order valence-electron chi connectivity index (χ4n) is 6.26. The van der Waals surface area contributed by atoms with Gasteiger partial charge in [-0.25, -0.2) is 8.42 Å². The van der Waals surface area contributed by atoms with Crippen LogP contribution in [0.2, 0.25) is 10.0 Å². The van der Waals surface area contributed by atoms with Crippen molar-refractivity contribution < 1.29 is 18.4 Å². The van der Waals surface area contributed by atoms with Crippen LogP contribution in [0.5, 0.6) is 0 Å². The highest BCUT2D eigenvalue weighted by Crippen LogP contribution is 2.57. The molecule has 0 amide bonds. The maximum absolute atomic E-state index is 14.4. The monoisotopic (exact) mass is 574 g/mol. The molecule has 7 nitrogen and oxygen atoms in total. The predicted molar refractivity (Wildman–Crippen MR) is 146 cm³/mol. The van der Waals surface area contributed by atoms with Crippen molar-refractivity contribution in [2.75, 3.05) is 0 Å². The van der Waals surface area contributed by atoms with Gasteiger partial charge in [0.2, 0.25) is 16.1 Å². The normalized spacial score (nSPS) is 28.0. The zero-order chi connectivity index (χ0) is 27.2. The molecule has 5 atom stereocenters. The first kappa shape index (κ1) is 27.1. The van der Waals surface area contributed by atoms with Gasteiger partial charge in [-0.05, 0) is 73.7 Å². The molecule has 5 rings (SSSR count). The second kappa shape index (κ2) is 10.2. The fraction of sp³-hybridized carbons (Fsp3) is 0.357. The number of hydrogen-bond donors (Lipinski definition) is 1. The largest absolute Gasteiger partial charge is 0.374 e. The van der Waals surface area contributed by atoms with Crippen LogP contribution in [-0.4, -0.2) is 34.5 Å². The Hall–Kier alpha value is -2.49. The van der Waals surface area contributed by atoms with Gasteiger partial charge in [0.25, 0.3) is 0 Å². The van der Waals surface area contributed by atoms with E-state index in [0.29, 0.717) is 34.0 Å². The van der Waals surface area contributed by atoms with E-state index in [1.54, 1.807) is 60.7 Å². The molecule has 1 aliphatic heterocycles. The van der Waals surface area contributed by atoms with Crippen molar-refractivity contribution in [3.8, 4) is 0 Å². The van der Waals surface area contributed by atoms with Crippen molar-refractivity contribution in [1.29, 1.82) is 0 Å². The number of halogens is 2. The average Bonchev–Trinajstić information content (AvgIpc) is 2.88. The molecule has 1 aliphatic carbocycles. The topological polar surface area (TPSA) is 101 Å². The van der Waals surface area contributed by atoms with E-state index >= 15 is 0 Å². The third kappa shape index (κ3) is 4.62. The zero-order valence-electron chi connectivity index (χ0n) is 20.7. The lowest BCUT2D eigenvalue weighted by Crippen LogP contribution is -2.68. The van der Waals surface area contributed by atoms with Crippen molar-refractivity contribution in [3.05, 3.63) is 110 Å². The van der Waals surface area contributed by atoms with Gasteiger partial charge in [0.1, 0.15) is 11.8 Å². The smallest absolute Gasteiger partial charge is 0.246 e. The molecule has 38 heavy (non-hydrogen) atoms. The molecule has 3 aromatic carbocycles. The van der Waals surface area contributed by atoms with Crippen molar-refractivity contribution in [2.45, 2.75) is 61.2 Å². The van der Waals surface area contributed by atoms with Gasteiger partial charge >= 0.3 is 0 Å². The van der Waals surface area contributed by atoms with Crippen LogP contribution < -0.4 is 0 Å². The standard InChI is InChI=1S/C28H28Cl2N2O5S/c1-18-5-15-23(16-6-18)38(36,37)31-26(20-9-13-22(30)14-10-20)27(32(34)35)25(19-7-11-21(29)12-8-19)24-4-2-3-17-28(24,31)33/h5-16,24-27,33H,2-4,17H2,1H3/t24-,25-,26-,27+,28+/m1/s1. The van der Waals surface area contributed by atoms with Crippen LogP contribution in [0.3, 0.4) is 0 Å². The third-order valence-electron chi connectivity index (χ3n) is 7.95. The summed E-state index contributed by atoms with van der Waals surface area (Å²) in [6.07, 6.45) is 1.94. The first-order chi connectivity index (χ1) is 18.0. The molecule has 3 aromatic rings. The number of benzene rings is 3. The minimum Gasteiger partial charge on any atom is -0.374 e. The molecule has 0 radical (unpaired) electrons. The van der Waals surface area contributed by atoms with Gasteiger partial charge in [-0.2, -0.15) is 4.31 Å². The van der Waals surface area contributed by atoms with Crippen molar-refractivity contribution in [2.24, 2.45) is 5.92 Å². The molecule has 200 valence electrons. The van der Waals surface area contributed by atoms with Crippen molar-refractivity contribution in [3.63, 3.8) is 0 Å². The second-order valence-electron chi connectivity index (χ2n) is 10.2. The molecule has 1 heterocycles. The number of piperidine rings is 1. The van der Waals surface area contributed by atoms with Crippen LogP contribution in [0.15, 0.2) is 77.7 Å². The number of rotatable bonds is 5. The summed E-state index contributed by atoms with van der Waals surface area (Å²) in [6, 6.07) is 16.9. The summed E-state index contributed by atoms with van der Waals surface area (Å²) in [6.45, 7) is 1.85. The summed E-state index contributed by atoms with van der Waals surface area (Å²) in [5.41, 5.74) is 0.0661. The molecular formula is C28H28Cl2N2O5S. The summed E-state index contributed by atoms with van der Waals surface area (Å²) < 4.78 is 29.8. The molecule has 0 spiro atoms. The highest BCUT2D eigenvalue weighted by atomic mass is 35.5. The van der Waals surface area contributed by atoms with E-state index in [9.17, 15) is 23.6 Å². The molecular weight excluding hydrogens is 547 g/mol. The average molecular weight is 576 g/mol. The van der Waals surface area contributed by atoms with E-state index < -0.39 is 44.6 Å². The summed E-state index contributed by atoms with van der Waals surface area (Å²) in [5, 5.41) is 26.3. The van der Waals surface area contributed by atoms with Gasteiger partial charge in [-0.1, -0.05) is 71.6 Å². The maximum atomic E-state index is 14.4. The van der Waals surface area contributed by atoms with Crippen LogP contribution >= 0.6 is 23.2 Å². The zero-order valence-corrected chi connectivity index (χ0v) is 23.0. The first-order valence-corrected chi connectivity index (χ1v) is 14.7. The Labute approximate surface area is 232 Å². The third-order valence-corrected chi connectivity index (χ3v) is 10.4. The van der Waals surface area contributed by atoms with Gasteiger partial charge in [-0.15, -0.1) is 0 Å². The maximum Gasteiger partial charge on any atom is 0.246 e. The Morgan fingerprint density at radius 1 is 0.921 bits per heavy atom. The summed E-state index contributed by atoms with van der Waals surface area (Å²) in [7, 11) is -4.37. The molecule has 0 unspecified atom stereocenters. The number of aliphatic hydroxyl groups is 1. The van der Waals surface area contributed by atoms with Crippen LogP contribution in [0.4, 0.5) is 0 Å². The lowest BCUT2D eigenvalue weighted by atomic mass is 9.63. The van der Waals surface area contributed by atoms with E-state index in [-0.39, 0.29) is 11.3 Å². The number of aryl methyl sites for hydroxylation is 1. The first-order valence-electron chi connectivity index (χ1n) is 12.5. The van der Waals surface area contributed by atoms with Gasteiger partial charge in [0, 0.05) is 20.9 Å². The van der Waals surface area contributed by atoms with E-state index in [2.05, 4.69) is 0 Å². The van der Waals surface area contributed by atoms with Crippen LogP contribution in [0.1, 0.15) is 54.3 Å². The Morgan fingerprint density at radius 2 is 1.47 bits per heavy atom. The number of sulfonamides is 1. The number of nitrogens with zero attached hydrogens (tertiary/aromatic N) is 2. The molecule has 1 saturated carbocycles. The number of hydrogen-bond acceptors (Lipinski definition) is 5. The van der Waals surface area contributed by atoms with Crippen LogP contribution in [0, 0.1) is 23.0 Å². The Kier molecular flexibility index (Phi) is 7.30. The SMILES string of the molecule is Cc1ccc(S(=O)(=O)N2[C@H](c3ccc(Cl)cc3)[C@@H]([N+](=O)[O-])[C@H](c3ccc(Cl)cc3)[C@H]3CCCC[C@]32O)cc1. The fourth-order valence-corrected chi connectivity index (χ4v) is 8.40. The van der Waals surface area contributed by atoms with Crippen molar-refractivity contribution in [1.82, 2.24) is 4.31 Å². The Bertz CT molecular complexity index is 1430. The van der Waals surface area contributed by atoms with E-state index in [4.69, 9.17) is 23.2 Å². The van der Waals surface area contributed by atoms with E-state index in [0.717, 1.165) is 16.3 Å². The number of fused-ring (bicyclic) bond motifs is 1. The second-order valence-corrected chi connectivity index (χ2v) is 12.9. The Balaban J connectivity index is 1.80. The minimum absolute atomic E-state index is 0.0214. The van der Waals surface area contributed by atoms with E-state index in [1.165, 1.54) is 12.1 Å². The summed E-state index contributed by atoms with van der Waals surface area (Å²) in [5.74, 6) is -1.45. The molecule has 0 bridgehead atoms. The number of nitro groups is 1. The van der Waals surface area contributed by atoms with Gasteiger partial charge in [0.15, 0.2) is 0 Å². The van der Waals surface area contributed by atoms with Crippen molar-refractivity contribution >= 4 is 33.2 Å². The molecule has 1 N–H and O–H groups in total. The highest BCUT2D eigenvalue weighted by Gasteiger charge is 2.66. The lowest BCUT2D eigenvalue weighted by molar-refractivity contribution is -0.546. The van der Waals surface area contributed by atoms with Gasteiger partial charge in [0.05, 0.1) is 10.8 Å². The molecule has 1 saturated heterocycles.